The summed E-state index contributed by atoms with van der Waals surface area (Å²) in [4.78, 5) is 4.66. The first-order chi connectivity index (χ1) is 9.83. The largest absolute Gasteiger partial charge is 0.294 e. The molecular formula is C18H14N2. The quantitative estimate of drug-likeness (QED) is 0.492. The maximum Gasteiger partial charge on any atom is 0.138 e. The van der Waals surface area contributed by atoms with Crippen molar-refractivity contribution in [3.05, 3.63) is 72.4 Å². The summed E-state index contributed by atoms with van der Waals surface area (Å²) in [6.45, 7) is 2.05. The summed E-state index contributed by atoms with van der Waals surface area (Å²) in [5, 5.41) is 1.22. The summed E-state index contributed by atoms with van der Waals surface area (Å²) in [6.07, 6.45) is 0. The highest BCUT2D eigenvalue weighted by atomic mass is 15.0. The maximum absolute atomic E-state index is 4.66. The van der Waals surface area contributed by atoms with E-state index in [2.05, 4.69) is 70.0 Å². The summed E-state index contributed by atoms with van der Waals surface area (Å²) < 4.78 is 2.23. The molecule has 0 aliphatic carbocycles. The first-order valence-corrected chi connectivity index (χ1v) is 6.76. The number of fused-ring (bicyclic) bond motifs is 3. The number of rotatable bonds is 1. The molecule has 2 aromatic heterocycles. The van der Waals surface area contributed by atoms with Crippen molar-refractivity contribution in [2.24, 2.45) is 0 Å². The van der Waals surface area contributed by atoms with Crippen molar-refractivity contribution in [1.29, 1.82) is 0 Å². The van der Waals surface area contributed by atoms with Gasteiger partial charge in [-0.15, -0.1) is 0 Å². The van der Waals surface area contributed by atoms with E-state index < -0.39 is 0 Å². The van der Waals surface area contributed by atoms with Crippen LogP contribution in [0.15, 0.2) is 66.7 Å². The number of aryl methyl sites for hydroxylation is 1. The van der Waals surface area contributed by atoms with Crippen LogP contribution in [-0.2, 0) is 0 Å². The van der Waals surface area contributed by atoms with E-state index in [1.807, 2.05) is 13.0 Å². The average Bonchev–Trinajstić information content (AvgIpc) is 2.85. The summed E-state index contributed by atoms with van der Waals surface area (Å²) in [7, 11) is 0. The lowest BCUT2D eigenvalue weighted by Crippen LogP contribution is -1.96. The van der Waals surface area contributed by atoms with E-state index in [-0.39, 0.29) is 0 Å². The molecule has 0 unspecified atom stereocenters. The fourth-order valence-electron chi connectivity index (χ4n) is 2.77. The van der Waals surface area contributed by atoms with Crippen LogP contribution in [0, 0.1) is 6.92 Å². The monoisotopic (exact) mass is 258 g/mol. The number of aromatic nitrogens is 2. The van der Waals surface area contributed by atoms with Crippen molar-refractivity contribution in [3.8, 4) is 11.3 Å². The van der Waals surface area contributed by atoms with Gasteiger partial charge in [0.25, 0.3) is 0 Å². The highest BCUT2D eigenvalue weighted by Crippen LogP contribution is 2.27. The van der Waals surface area contributed by atoms with Crippen LogP contribution in [0.4, 0.5) is 0 Å². The number of benzene rings is 2. The third-order valence-corrected chi connectivity index (χ3v) is 3.64. The van der Waals surface area contributed by atoms with Crippen molar-refractivity contribution in [1.82, 2.24) is 9.38 Å². The Morgan fingerprint density at radius 3 is 2.45 bits per heavy atom. The molecule has 0 amide bonds. The zero-order chi connectivity index (χ0) is 13.5. The Morgan fingerprint density at radius 1 is 0.850 bits per heavy atom. The fraction of sp³-hybridized carbons (Fsp3) is 0.0556. The summed E-state index contributed by atoms with van der Waals surface area (Å²) in [5.74, 6) is 0. The van der Waals surface area contributed by atoms with Gasteiger partial charge >= 0.3 is 0 Å². The predicted octanol–water partition coefficient (Wildman–Crippen LogP) is 4.46. The zero-order valence-corrected chi connectivity index (χ0v) is 11.2. The molecule has 4 rings (SSSR count). The molecule has 0 radical (unpaired) electrons. The molecule has 0 fully saturated rings. The molecule has 0 bridgehead atoms. The third-order valence-electron chi connectivity index (χ3n) is 3.64. The van der Waals surface area contributed by atoms with Gasteiger partial charge in [-0.25, -0.2) is 4.98 Å². The molecule has 0 saturated heterocycles. The van der Waals surface area contributed by atoms with Crippen LogP contribution in [0.2, 0.25) is 0 Å². The van der Waals surface area contributed by atoms with Crippen LogP contribution in [0.3, 0.4) is 0 Å². The molecule has 2 heterocycles. The summed E-state index contributed by atoms with van der Waals surface area (Å²) in [5.41, 5.74) is 5.65. The number of hydrogen-bond acceptors (Lipinski definition) is 1. The topological polar surface area (TPSA) is 17.3 Å². The van der Waals surface area contributed by atoms with Gasteiger partial charge in [0, 0.05) is 11.1 Å². The van der Waals surface area contributed by atoms with Gasteiger partial charge < -0.3 is 0 Å². The molecule has 0 spiro atoms. The van der Waals surface area contributed by atoms with E-state index in [0.29, 0.717) is 0 Å². The minimum absolute atomic E-state index is 1.00. The third kappa shape index (κ3) is 1.62. The molecule has 2 heteroatoms. The van der Waals surface area contributed by atoms with Gasteiger partial charge in [-0.05, 0) is 30.7 Å². The molecule has 0 aliphatic heterocycles. The van der Waals surface area contributed by atoms with Crippen molar-refractivity contribution < 1.29 is 0 Å². The predicted molar refractivity (Wildman–Crippen MR) is 82.9 cm³/mol. The Morgan fingerprint density at radius 2 is 1.60 bits per heavy atom. The van der Waals surface area contributed by atoms with Gasteiger partial charge in [-0.3, -0.25) is 4.40 Å². The standard InChI is InChI=1S/C18H14N2/c1-13-11-17(14-7-3-2-4-8-14)20-16-10-6-5-9-15(16)12-18(20)19-13/h2-12H,1H3. The van der Waals surface area contributed by atoms with Crippen LogP contribution >= 0.6 is 0 Å². The molecule has 96 valence electrons. The Hall–Kier alpha value is -2.61. The van der Waals surface area contributed by atoms with E-state index in [4.69, 9.17) is 0 Å². The molecule has 0 aliphatic rings. The molecule has 0 saturated carbocycles. The SMILES string of the molecule is Cc1cc(-c2ccccc2)n2c(cc3ccccc32)n1. The minimum atomic E-state index is 1.00. The number of hydrogen-bond donors (Lipinski definition) is 0. The zero-order valence-electron chi connectivity index (χ0n) is 11.2. The van der Waals surface area contributed by atoms with Crippen LogP contribution in [0.1, 0.15) is 5.69 Å². The smallest absolute Gasteiger partial charge is 0.138 e. The second-order valence-electron chi connectivity index (χ2n) is 5.05. The Bertz CT molecular complexity index is 905. The Kier molecular flexibility index (Phi) is 2.36. The van der Waals surface area contributed by atoms with E-state index in [1.54, 1.807) is 0 Å². The van der Waals surface area contributed by atoms with Gasteiger partial charge in [0.1, 0.15) is 5.65 Å². The van der Waals surface area contributed by atoms with Crippen LogP contribution in [-0.4, -0.2) is 9.38 Å². The minimum Gasteiger partial charge on any atom is -0.294 e. The molecule has 4 aromatic rings. The van der Waals surface area contributed by atoms with Crippen LogP contribution in [0.5, 0.6) is 0 Å². The van der Waals surface area contributed by atoms with Gasteiger partial charge in [-0.1, -0.05) is 48.5 Å². The van der Waals surface area contributed by atoms with Crippen molar-refractivity contribution in [2.45, 2.75) is 6.92 Å². The molecule has 2 aromatic carbocycles. The molecular weight excluding hydrogens is 244 g/mol. The second kappa shape index (κ2) is 4.20. The van der Waals surface area contributed by atoms with E-state index >= 15 is 0 Å². The molecule has 20 heavy (non-hydrogen) atoms. The Labute approximate surface area is 117 Å². The lowest BCUT2D eigenvalue weighted by molar-refractivity contribution is 1.12. The fourth-order valence-corrected chi connectivity index (χ4v) is 2.77. The number of nitrogens with zero attached hydrogens (tertiary/aromatic N) is 2. The normalized spacial score (nSPS) is 11.2. The van der Waals surface area contributed by atoms with Gasteiger partial charge in [0.15, 0.2) is 0 Å². The molecule has 2 nitrogen and oxygen atoms in total. The van der Waals surface area contributed by atoms with Crippen molar-refractivity contribution in [3.63, 3.8) is 0 Å². The summed E-state index contributed by atoms with van der Waals surface area (Å²) in [6, 6.07) is 23.2. The van der Waals surface area contributed by atoms with E-state index in [1.165, 1.54) is 22.2 Å². The summed E-state index contributed by atoms with van der Waals surface area (Å²) >= 11 is 0. The first kappa shape index (κ1) is 11.2. The van der Waals surface area contributed by atoms with Gasteiger partial charge in [0.05, 0.1) is 11.2 Å². The Balaban J connectivity index is 2.19. The first-order valence-electron chi connectivity index (χ1n) is 6.76. The average molecular weight is 258 g/mol. The van der Waals surface area contributed by atoms with Gasteiger partial charge in [0.2, 0.25) is 0 Å². The van der Waals surface area contributed by atoms with Crippen LogP contribution < -0.4 is 0 Å². The van der Waals surface area contributed by atoms with Crippen LogP contribution in [0.25, 0.3) is 27.8 Å². The lowest BCUT2D eigenvalue weighted by Gasteiger charge is -2.08. The highest BCUT2D eigenvalue weighted by molar-refractivity contribution is 5.88. The highest BCUT2D eigenvalue weighted by Gasteiger charge is 2.09. The molecule has 0 N–H and O–H groups in total. The maximum atomic E-state index is 4.66. The molecule has 0 atom stereocenters. The number of para-hydroxylation sites is 1. The second-order valence-corrected chi connectivity index (χ2v) is 5.05. The van der Waals surface area contributed by atoms with E-state index in [9.17, 15) is 0 Å². The van der Waals surface area contributed by atoms with Gasteiger partial charge in [-0.2, -0.15) is 0 Å². The van der Waals surface area contributed by atoms with Crippen molar-refractivity contribution >= 4 is 16.6 Å². The van der Waals surface area contributed by atoms with Crippen molar-refractivity contribution in [2.75, 3.05) is 0 Å². The lowest BCUT2D eigenvalue weighted by atomic mass is 10.1. The van der Waals surface area contributed by atoms with E-state index in [0.717, 1.165) is 11.3 Å².